The molecule has 84 valence electrons. The van der Waals surface area contributed by atoms with Gasteiger partial charge in [-0.15, -0.1) is 0 Å². The van der Waals surface area contributed by atoms with Gasteiger partial charge in [0.05, 0.1) is 12.2 Å². The van der Waals surface area contributed by atoms with E-state index in [1.165, 1.54) is 6.92 Å². The second kappa shape index (κ2) is 5.49. The number of nitrogens with zero attached hydrogens (tertiary/aromatic N) is 1. The standard InChI is InChI=1S/C8H18NO4P/c1-6(2)12-14(11,8(5)9-10)13-7(3)4/h6-7,10H,1-5H3. The molecule has 0 aliphatic heterocycles. The van der Waals surface area contributed by atoms with Crippen molar-refractivity contribution in [3.05, 3.63) is 0 Å². The van der Waals surface area contributed by atoms with Gasteiger partial charge in [-0.05, 0) is 34.6 Å². The van der Waals surface area contributed by atoms with Gasteiger partial charge in [-0.25, -0.2) is 0 Å². The van der Waals surface area contributed by atoms with E-state index < -0.39 is 7.60 Å². The van der Waals surface area contributed by atoms with Crippen LogP contribution in [0.15, 0.2) is 5.16 Å². The molecule has 0 rings (SSSR count). The Bertz CT molecular complexity index is 236. The molecule has 0 aromatic heterocycles. The van der Waals surface area contributed by atoms with E-state index in [1.54, 1.807) is 27.7 Å². The maximum atomic E-state index is 12.0. The minimum atomic E-state index is -3.42. The van der Waals surface area contributed by atoms with Gasteiger partial charge in [0.15, 0.2) is 5.45 Å². The molecular formula is C8H18NO4P. The van der Waals surface area contributed by atoms with Gasteiger partial charge in [0, 0.05) is 0 Å². The van der Waals surface area contributed by atoms with Crippen molar-refractivity contribution in [3.63, 3.8) is 0 Å². The quantitative estimate of drug-likeness (QED) is 0.337. The molecule has 5 nitrogen and oxygen atoms in total. The first kappa shape index (κ1) is 13.6. The molecule has 0 aliphatic rings. The minimum Gasteiger partial charge on any atom is -0.410 e. The van der Waals surface area contributed by atoms with Gasteiger partial charge < -0.3 is 14.3 Å². The Morgan fingerprint density at radius 1 is 1.21 bits per heavy atom. The van der Waals surface area contributed by atoms with E-state index >= 15 is 0 Å². The zero-order chi connectivity index (χ0) is 11.4. The topological polar surface area (TPSA) is 68.1 Å². The maximum Gasteiger partial charge on any atom is 0.378 e. The zero-order valence-electron chi connectivity index (χ0n) is 9.22. The highest BCUT2D eigenvalue weighted by molar-refractivity contribution is 7.72. The van der Waals surface area contributed by atoms with Crippen LogP contribution in [0.5, 0.6) is 0 Å². The summed E-state index contributed by atoms with van der Waals surface area (Å²) in [6.45, 7) is 8.36. The van der Waals surface area contributed by atoms with E-state index in [2.05, 4.69) is 5.16 Å². The first-order valence-corrected chi connectivity index (χ1v) is 6.02. The molecule has 0 unspecified atom stereocenters. The second-order valence-electron chi connectivity index (χ2n) is 3.45. The van der Waals surface area contributed by atoms with Crippen LogP contribution in [0.3, 0.4) is 0 Å². The molecule has 0 aromatic rings. The van der Waals surface area contributed by atoms with E-state index in [-0.39, 0.29) is 17.7 Å². The average molecular weight is 223 g/mol. The Balaban J connectivity index is 4.77. The van der Waals surface area contributed by atoms with Crippen LogP contribution < -0.4 is 0 Å². The second-order valence-corrected chi connectivity index (χ2v) is 5.52. The molecule has 0 amide bonds. The van der Waals surface area contributed by atoms with Crippen LogP contribution in [0.25, 0.3) is 0 Å². The molecule has 0 atom stereocenters. The third kappa shape index (κ3) is 4.22. The first-order chi connectivity index (χ1) is 6.31. The Morgan fingerprint density at radius 3 is 1.79 bits per heavy atom. The third-order valence-corrected chi connectivity index (χ3v) is 3.52. The fraction of sp³-hybridized carbons (Fsp3) is 0.875. The molecule has 0 bridgehead atoms. The van der Waals surface area contributed by atoms with Crippen molar-refractivity contribution in [2.75, 3.05) is 0 Å². The van der Waals surface area contributed by atoms with Crippen LogP contribution in [0.4, 0.5) is 0 Å². The SMILES string of the molecule is CC(=NO)P(=O)(OC(C)C)OC(C)C. The van der Waals surface area contributed by atoms with E-state index in [1.807, 2.05) is 0 Å². The van der Waals surface area contributed by atoms with Crippen LogP contribution in [0.1, 0.15) is 34.6 Å². The number of oxime groups is 1. The summed E-state index contributed by atoms with van der Waals surface area (Å²) in [5.41, 5.74) is -0.0279. The molecule has 0 radical (unpaired) electrons. The third-order valence-electron chi connectivity index (χ3n) is 1.24. The molecule has 0 heterocycles. The molecule has 1 N–H and O–H groups in total. The van der Waals surface area contributed by atoms with Gasteiger partial charge in [-0.1, -0.05) is 5.16 Å². The lowest BCUT2D eigenvalue weighted by atomic mass is 10.5. The Kier molecular flexibility index (Phi) is 5.34. The predicted molar refractivity (Wildman–Crippen MR) is 54.9 cm³/mol. The first-order valence-electron chi connectivity index (χ1n) is 4.48. The molecule has 6 heteroatoms. The van der Waals surface area contributed by atoms with Gasteiger partial charge >= 0.3 is 7.60 Å². The Labute approximate surface area is 84.6 Å². The van der Waals surface area contributed by atoms with Crippen LogP contribution in [-0.2, 0) is 13.6 Å². The molecule has 0 fully saturated rings. The maximum absolute atomic E-state index is 12.0. The van der Waals surface area contributed by atoms with Crippen molar-refractivity contribution in [2.45, 2.75) is 46.8 Å². The molecule has 0 aromatic carbocycles. The number of rotatable bonds is 5. The summed E-state index contributed by atoms with van der Waals surface area (Å²) in [5.74, 6) is 0. The predicted octanol–water partition coefficient (Wildman–Crippen LogP) is 2.84. The molecule has 0 saturated carbocycles. The zero-order valence-corrected chi connectivity index (χ0v) is 10.1. The molecule has 0 spiro atoms. The van der Waals surface area contributed by atoms with Gasteiger partial charge in [0.25, 0.3) is 0 Å². The molecule has 0 aliphatic carbocycles. The van der Waals surface area contributed by atoms with Crippen molar-refractivity contribution in [1.29, 1.82) is 0 Å². The minimum absolute atomic E-state index is 0.0279. The molecular weight excluding hydrogens is 205 g/mol. The fourth-order valence-corrected chi connectivity index (χ4v) is 2.36. The van der Waals surface area contributed by atoms with Crippen LogP contribution >= 0.6 is 7.60 Å². The molecule has 14 heavy (non-hydrogen) atoms. The van der Waals surface area contributed by atoms with Crippen LogP contribution in [0.2, 0.25) is 0 Å². The Hall–Kier alpha value is -0.380. The summed E-state index contributed by atoms with van der Waals surface area (Å²) in [6, 6.07) is 0. The highest BCUT2D eigenvalue weighted by Crippen LogP contribution is 2.51. The normalized spacial score (nSPS) is 14.1. The van der Waals surface area contributed by atoms with Gasteiger partial charge in [0.2, 0.25) is 0 Å². The highest BCUT2D eigenvalue weighted by atomic mass is 31.2. The smallest absolute Gasteiger partial charge is 0.378 e. The van der Waals surface area contributed by atoms with Crippen molar-refractivity contribution < 1.29 is 18.8 Å². The summed E-state index contributed by atoms with van der Waals surface area (Å²) in [6.07, 6.45) is -0.507. The summed E-state index contributed by atoms with van der Waals surface area (Å²) in [5, 5.41) is 11.4. The number of hydrogen-bond acceptors (Lipinski definition) is 5. The van der Waals surface area contributed by atoms with Gasteiger partial charge in [-0.3, -0.25) is 4.57 Å². The number of hydrogen-bond donors (Lipinski definition) is 1. The average Bonchev–Trinajstić information content (AvgIpc) is 1.99. The lowest BCUT2D eigenvalue weighted by Gasteiger charge is -2.21. The van der Waals surface area contributed by atoms with E-state index in [9.17, 15) is 4.57 Å². The summed E-state index contributed by atoms with van der Waals surface area (Å²) >= 11 is 0. The van der Waals surface area contributed by atoms with Crippen molar-refractivity contribution in [1.82, 2.24) is 0 Å². The molecule has 0 saturated heterocycles. The largest absolute Gasteiger partial charge is 0.410 e. The van der Waals surface area contributed by atoms with Crippen LogP contribution in [-0.4, -0.2) is 22.9 Å². The summed E-state index contributed by atoms with van der Waals surface area (Å²) < 4.78 is 22.3. The van der Waals surface area contributed by atoms with E-state index in [0.717, 1.165) is 0 Å². The lowest BCUT2D eigenvalue weighted by molar-refractivity contribution is 0.151. The van der Waals surface area contributed by atoms with Crippen molar-refractivity contribution in [3.8, 4) is 0 Å². The highest BCUT2D eigenvalue weighted by Gasteiger charge is 2.32. The van der Waals surface area contributed by atoms with Crippen molar-refractivity contribution in [2.24, 2.45) is 5.16 Å². The summed E-state index contributed by atoms with van der Waals surface area (Å²) in [4.78, 5) is 0. The van der Waals surface area contributed by atoms with Crippen molar-refractivity contribution >= 4 is 13.0 Å². The van der Waals surface area contributed by atoms with Crippen LogP contribution in [0, 0.1) is 0 Å². The van der Waals surface area contributed by atoms with E-state index in [0.29, 0.717) is 0 Å². The van der Waals surface area contributed by atoms with Gasteiger partial charge in [0.1, 0.15) is 0 Å². The Morgan fingerprint density at radius 2 is 1.57 bits per heavy atom. The van der Waals surface area contributed by atoms with Gasteiger partial charge in [-0.2, -0.15) is 0 Å². The van der Waals surface area contributed by atoms with E-state index in [4.69, 9.17) is 14.3 Å². The fourth-order valence-electron chi connectivity index (χ4n) is 0.787. The monoisotopic (exact) mass is 223 g/mol. The lowest BCUT2D eigenvalue weighted by Crippen LogP contribution is -2.12. The summed E-state index contributed by atoms with van der Waals surface area (Å²) in [7, 11) is -3.42.